The smallest absolute Gasteiger partial charge is 0.332 e. The molecule has 0 bridgehead atoms. The summed E-state index contributed by atoms with van der Waals surface area (Å²) in [6.07, 6.45) is 4.95. The summed E-state index contributed by atoms with van der Waals surface area (Å²) in [6, 6.07) is 50.6. The van der Waals surface area contributed by atoms with Gasteiger partial charge in [-0.3, -0.25) is 0 Å². The highest BCUT2D eigenvalue weighted by Gasteiger charge is 2.61. The van der Waals surface area contributed by atoms with Crippen LogP contribution < -0.4 is 20.7 Å². The number of para-hydroxylation sites is 4. The van der Waals surface area contributed by atoms with Crippen molar-refractivity contribution in [3.05, 3.63) is 150 Å². The Labute approximate surface area is 312 Å². The largest absolute Gasteiger partial charge is 0.378 e. The van der Waals surface area contributed by atoms with Crippen molar-refractivity contribution >= 4 is 57.1 Å². The van der Waals surface area contributed by atoms with Crippen molar-refractivity contribution in [3.63, 3.8) is 0 Å². The van der Waals surface area contributed by atoms with Crippen LogP contribution in [0.25, 0.3) is 33.2 Å². The lowest BCUT2D eigenvalue weighted by Crippen LogP contribution is -2.62. The Bertz CT molecular complexity index is 2670. The zero-order valence-corrected chi connectivity index (χ0v) is 30.9. The van der Waals surface area contributed by atoms with Crippen molar-refractivity contribution < 1.29 is 0 Å². The molecule has 4 heterocycles. The average molecular weight is 684 g/mol. The summed E-state index contributed by atoms with van der Waals surface area (Å²) in [5.41, 5.74) is 20.5. The molecule has 7 aromatic rings. The normalized spacial score (nSPS) is 21.9. The van der Waals surface area contributed by atoms with Gasteiger partial charge in [0, 0.05) is 67.0 Å². The molecule has 5 aliphatic rings. The van der Waals surface area contributed by atoms with Crippen molar-refractivity contribution in [2.75, 3.05) is 9.80 Å². The molecule has 6 aromatic carbocycles. The van der Waals surface area contributed by atoms with Gasteiger partial charge in [0.1, 0.15) is 0 Å². The molecule has 3 aliphatic heterocycles. The highest BCUT2D eigenvalue weighted by atomic mass is 15.3. The first-order valence-corrected chi connectivity index (χ1v) is 19.6. The van der Waals surface area contributed by atoms with E-state index in [0.29, 0.717) is 0 Å². The maximum atomic E-state index is 2.86. The molecule has 4 heteroatoms. The van der Waals surface area contributed by atoms with Crippen LogP contribution in [0.3, 0.4) is 0 Å². The van der Waals surface area contributed by atoms with E-state index >= 15 is 0 Å². The van der Waals surface area contributed by atoms with Crippen LogP contribution in [0.1, 0.15) is 70.2 Å². The monoisotopic (exact) mass is 683 g/mol. The van der Waals surface area contributed by atoms with Crippen molar-refractivity contribution in [2.45, 2.75) is 69.7 Å². The second-order valence-electron chi connectivity index (χ2n) is 17.2. The third-order valence-corrected chi connectivity index (χ3v) is 14.4. The van der Waals surface area contributed by atoms with Gasteiger partial charge in [0.25, 0.3) is 0 Å². The van der Waals surface area contributed by atoms with Gasteiger partial charge in [-0.05, 0) is 89.3 Å². The number of nitrogens with zero attached hydrogens (tertiary/aromatic N) is 3. The molecular formula is C49H42BN3. The fraction of sp³-hybridized carbons (Fsp3) is 0.224. The van der Waals surface area contributed by atoms with Gasteiger partial charge in [0.2, 0.25) is 0 Å². The van der Waals surface area contributed by atoms with E-state index in [4.69, 9.17) is 0 Å². The summed E-state index contributed by atoms with van der Waals surface area (Å²) in [6.45, 7) is 10.2. The first-order chi connectivity index (χ1) is 25.8. The molecule has 0 saturated heterocycles. The second-order valence-corrected chi connectivity index (χ2v) is 17.2. The minimum atomic E-state index is -0.141. The third kappa shape index (κ3) is 3.45. The predicted molar refractivity (Wildman–Crippen MR) is 223 cm³/mol. The molecule has 256 valence electrons. The summed E-state index contributed by atoms with van der Waals surface area (Å²) >= 11 is 0. The van der Waals surface area contributed by atoms with Gasteiger partial charge in [-0.2, -0.15) is 0 Å². The number of hydrogen-bond donors (Lipinski definition) is 0. The molecule has 2 atom stereocenters. The van der Waals surface area contributed by atoms with E-state index in [-0.39, 0.29) is 23.2 Å². The number of hydrogen-bond acceptors (Lipinski definition) is 2. The first-order valence-electron chi connectivity index (χ1n) is 19.6. The number of aromatic nitrogens is 1. The Balaban J connectivity index is 1.25. The van der Waals surface area contributed by atoms with Gasteiger partial charge < -0.3 is 14.3 Å². The number of anilines is 5. The maximum Gasteiger partial charge on any atom is 0.332 e. The highest BCUT2D eigenvalue weighted by molar-refractivity contribution is 6.89. The van der Waals surface area contributed by atoms with Crippen LogP contribution in [-0.4, -0.2) is 16.9 Å². The molecule has 0 spiro atoms. The molecule has 0 N–H and O–H groups in total. The molecule has 0 radical (unpaired) electrons. The molecule has 1 fully saturated rings. The summed E-state index contributed by atoms with van der Waals surface area (Å²) < 4.78 is 2.82. The lowest BCUT2D eigenvalue weighted by atomic mass is 9.44. The number of rotatable bonds is 3. The van der Waals surface area contributed by atoms with Crippen molar-refractivity contribution in [2.24, 2.45) is 0 Å². The van der Waals surface area contributed by atoms with Gasteiger partial charge >= 0.3 is 6.85 Å². The second kappa shape index (κ2) is 9.93. The van der Waals surface area contributed by atoms with E-state index in [0.717, 1.165) is 0 Å². The van der Waals surface area contributed by atoms with Crippen molar-refractivity contribution in [1.82, 2.24) is 4.48 Å². The summed E-state index contributed by atoms with van der Waals surface area (Å²) in [4.78, 5) is 5.33. The van der Waals surface area contributed by atoms with Gasteiger partial charge in [-0.15, -0.1) is 0 Å². The molecule has 1 aromatic heterocycles. The van der Waals surface area contributed by atoms with Gasteiger partial charge in [0.15, 0.2) is 0 Å². The molecule has 53 heavy (non-hydrogen) atoms. The molecule has 3 nitrogen and oxygen atoms in total. The number of fused-ring (bicyclic) bond motifs is 12. The summed E-state index contributed by atoms with van der Waals surface area (Å²) in [5, 5.41) is 1.37. The molecule has 2 aliphatic carbocycles. The van der Waals surface area contributed by atoms with Crippen LogP contribution in [0.15, 0.2) is 133 Å². The Hall–Kier alpha value is -5.48. The maximum absolute atomic E-state index is 2.86. The fourth-order valence-electron chi connectivity index (χ4n) is 12.0. The van der Waals surface area contributed by atoms with Crippen molar-refractivity contribution in [1.29, 1.82) is 0 Å². The topological polar surface area (TPSA) is 11.4 Å². The molecule has 1 saturated carbocycles. The first kappa shape index (κ1) is 30.0. The Morgan fingerprint density at radius 1 is 0.604 bits per heavy atom. The van der Waals surface area contributed by atoms with Gasteiger partial charge in [-0.25, -0.2) is 0 Å². The predicted octanol–water partition coefficient (Wildman–Crippen LogP) is 11.1. The third-order valence-electron chi connectivity index (χ3n) is 14.4. The quantitative estimate of drug-likeness (QED) is 0.172. The minimum Gasteiger partial charge on any atom is -0.378 e. The van der Waals surface area contributed by atoms with E-state index in [1.165, 1.54) is 109 Å². The summed E-state index contributed by atoms with van der Waals surface area (Å²) in [5.74, 6) is 0. The van der Waals surface area contributed by atoms with E-state index in [2.05, 4.69) is 175 Å². The fourth-order valence-corrected chi connectivity index (χ4v) is 12.0. The van der Waals surface area contributed by atoms with Crippen LogP contribution in [0.5, 0.6) is 0 Å². The molecule has 0 amide bonds. The zero-order chi connectivity index (χ0) is 35.4. The van der Waals surface area contributed by atoms with Crippen LogP contribution in [-0.2, 0) is 10.8 Å². The average Bonchev–Trinajstić information content (AvgIpc) is 3.74. The lowest BCUT2D eigenvalue weighted by molar-refractivity contribution is 0.195. The van der Waals surface area contributed by atoms with Gasteiger partial charge in [0.05, 0.1) is 5.54 Å². The highest BCUT2D eigenvalue weighted by Crippen LogP contribution is 2.63. The molecule has 2 unspecified atom stereocenters. The molecule has 12 rings (SSSR count). The van der Waals surface area contributed by atoms with Gasteiger partial charge in [-0.1, -0.05) is 131 Å². The van der Waals surface area contributed by atoms with E-state index in [1.54, 1.807) is 5.56 Å². The van der Waals surface area contributed by atoms with E-state index < -0.39 is 0 Å². The standard InChI is InChI=1S/C49H42BN3/c1-47(2)38-24-12-11-21-35(38)42-36-23-15-22-34-37-29-33(51(31-17-7-5-8-18-31)32-19-9-6-10-20-32)30-41-43(37)50(53(44(34)36)46(42)47)40-26-16-25-39-45(40)52(41)49(4)28-14-13-27-48(39,49)3/h5-12,15-26,29-30H,13-14,27-28H2,1-4H3. The SMILES string of the molecule is CC1(C)c2ccccc2-c2c1n1c3c(cccc23)-c2cc(N(c3ccccc3)c3ccccc3)cc3c2B1c1cccc2c1N3C1(C)CCCCC21C. The Morgan fingerprint density at radius 2 is 1.26 bits per heavy atom. The van der Waals surface area contributed by atoms with E-state index in [9.17, 15) is 0 Å². The lowest BCUT2D eigenvalue weighted by Gasteiger charge is -2.52. The molecular weight excluding hydrogens is 641 g/mol. The Kier molecular flexibility index (Phi) is 5.63. The van der Waals surface area contributed by atoms with Crippen LogP contribution in [0, 0.1) is 0 Å². The minimum absolute atomic E-state index is 0.0359. The van der Waals surface area contributed by atoms with E-state index in [1.807, 2.05) is 0 Å². The Morgan fingerprint density at radius 3 is 2.04 bits per heavy atom. The van der Waals surface area contributed by atoms with Crippen LogP contribution in [0.4, 0.5) is 28.4 Å². The van der Waals surface area contributed by atoms with Crippen molar-refractivity contribution in [3.8, 4) is 22.3 Å². The van der Waals surface area contributed by atoms with Crippen LogP contribution in [0.2, 0.25) is 0 Å². The zero-order valence-electron chi connectivity index (χ0n) is 30.9. The number of benzene rings is 6. The van der Waals surface area contributed by atoms with Crippen LogP contribution >= 0.6 is 0 Å². The summed E-state index contributed by atoms with van der Waals surface area (Å²) in [7, 11) is 0.